The quantitative estimate of drug-likeness (QED) is 0.153. The molecule has 192 valence electrons. The first-order valence-electron chi connectivity index (χ1n) is 11.5. The molecule has 0 fully saturated rings. The summed E-state index contributed by atoms with van der Waals surface area (Å²) in [7, 11) is 0. The van der Waals surface area contributed by atoms with Crippen LogP contribution in [0, 0.1) is 0 Å². The maximum absolute atomic E-state index is 9.82. The van der Waals surface area contributed by atoms with Crippen molar-refractivity contribution in [2.24, 2.45) is 5.73 Å². The van der Waals surface area contributed by atoms with Crippen LogP contribution in [0.2, 0.25) is 0 Å². The van der Waals surface area contributed by atoms with Crippen molar-refractivity contribution in [2.75, 3.05) is 19.6 Å². The molecule has 0 amide bonds. The predicted molar refractivity (Wildman–Crippen MR) is 134 cm³/mol. The Kier molecular flexibility index (Phi) is 17.5. The molecule has 35 heavy (non-hydrogen) atoms. The van der Waals surface area contributed by atoms with Crippen molar-refractivity contribution < 1.29 is 56.1 Å². The Bertz CT molecular complexity index is 935. The molecule has 0 unspecified atom stereocenters. The number of aromatic hydroxyl groups is 2. The van der Waals surface area contributed by atoms with Gasteiger partial charge in [0.25, 0.3) is 0 Å². The van der Waals surface area contributed by atoms with Gasteiger partial charge in [-0.2, -0.15) is 0 Å². The van der Waals surface area contributed by atoms with E-state index in [1.807, 2.05) is 30.3 Å². The van der Waals surface area contributed by atoms with Crippen LogP contribution in [0.25, 0.3) is 11.1 Å². The zero-order valence-corrected chi connectivity index (χ0v) is 23.5. The Morgan fingerprint density at radius 1 is 0.629 bits per heavy atom. The minimum absolute atomic E-state index is 0. The Hall–Kier alpha value is -1.81. The zero-order chi connectivity index (χ0) is 22.6. The van der Waals surface area contributed by atoms with E-state index >= 15 is 0 Å². The molecule has 0 heterocycles. The first kappa shape index (κ1) is 33.2. The topological polar surface area (TPSA) is 78.5 Å². The fourth-order valence-electron chi connectivity index (χ4n) is 3.96. The third-order valence-corrected chi connectivity index (χ3v) is 5.59. The van der Waals surface area contributed by atoms with E-state index < -0.39 is 0 Å². The molecule has 3 aromatic rings. The van der Waals surface area contributed by atoms with Gasteiger partial charge in [0.05, 0.1) is 0 Å². The van der Waals surface area contributed by atoms with E-state index in [9.17, 15) is 10.2 Å². The van der Waals surface area contributed by atoms with E-state index in [-0.39, 0.29) is 57.4 Å². The molecule has 0 saturated heterocycles. The number of nitrogens with two attached hydrogens (primary N) is 1. The summed E-state index contributed by atoms with van der Waals surface area (Å²) in [5.74, 6) is 0.506. The van der Waals surface area contributed by atoms with Crippen molar-refractivity contribution >= 4 is 11.1 Å². The van der Waals surface area contributed by atoms with Gasteiger partial charge < -0.3 is 46.1 Å². The Morgan fingerprint density at radius 3 is 1.66 bits per heavy atom. The van der Waals surface area contributed by atoms with Crippen LogP contribution in [0.3, 0.4) is 0 Å². The molecule has 0 radical (unpaired) electrons. The minimum Gasteiger partial charge on any atom is -1.00 e. The number of phenols is 2. The fraction of sp³-hybridized carbons (Fsp3) is 0.286. The van der Waals surface area contributed by atoms with Gasteiger partial charge in [-0.3, -0.25) is 0 Å². The normalized spacial score (nSPS) is 9.86. The van der Waals surface area contributed by atoms with Gasteiger partial charge in [0.15, 0.2) is 0 Å². The Labute approximate surface area is 236 Å². The van der Waals surface area contributed by atoms with Crippen LogP contribution in [-0.2, 0) is 21.1 Å². The molecule has 0 aliphatic rings. The molecule has 0 aromatic heterocycles. The number of hydrogen-bond acceptors (Lipinski definition) is 4. The molecule has 3 aromatic carbocycles. The number of phenolic OH excluding ortho intramolecular Hbond substituents is 2. The van der Waals surface area contributed by atoms with Crippen LogP contribution in [-0.4, -0.2) is 29.8 Å². The van der Waals surface area contributed by atoms with Crippen molar-refractivity contribution in [3.8, 4) is 11.5 Å². The third-order valence-electron chi connectivity index (χ3n) is 5.59. The van der Waals surface area contributed by atoms with E-state index in [4.69, 9.17) is 5.73 Å². The largest absolute Gasteiger partial charge is 2.00 e. The van der Waals surface area contributed by atoms with Crippen LogP contribution >= 0.6 is 0 Å². The number of halogens is 2. The smallest absolute Gasteiger partial charge is 1.00 e. The van der Waals surface area contributed by atoms with Crippen LogP contribution in [0.1, 0.15) is 48.8 Å². The van der Waals surface area contributed by atoms with E-state index in [0.29, 0.717) is 6.54 Å². The molecule has 7 heteroatoms. The van der Waals surface area contributed by atoms with E-state index in [2.05, 4.69) is 29.6 Å². The molecule has 4 nitrogen and oxygen atoms in total. The molecule has 0 spiro atoms. The number of allylic oxidation sites excluding steroid dienone is 1. The summed E-state index contributed by atoms with van der Waals surface area (Å²) in [6.07, 6.45) is 5.57. The summed E-state index contributed by atoms with van der Waals surface area (Å²) < 4.78 is 0. The van der Waals surface area contributed by atoms with Gasteiger partial charge in [-0.1, -0.05) is 67.4 Å². The Morgan fingerprint density at radius 2 is 1.14 bits per heavy atom. The zero-order valence-electron chi connectivity index (χ0n) is 19.7. The molecule has 3 rings (SSSR count). The Balaban J connectivity index is 0.00000385. The second kappa shape index (κ2) is 18.5. The third kappa shape index (κ3) is 10.8. The summed E-state index contributed by atoms with van der Waals surface area (Å²) in [6.45, 7) is 2.58. The van der Waals surface area contributed by atoms with Gasteiger partial charge in [-0.05, 0) is 77.9 Å². The standard InChI is InChI=1S/C28H34N2O2.2ClH.Pt/c29-19-21-30-20-7-2-1-6-10-27(22-8-4-3-5-9-22)28(23-11-15-25(31)16-12-23)24-13-17-26(32)18-14-24;;;/h3-5,8-9,11-18,30-32H,1-2,6-7,10,19-21,29H2;2*1H;/q;;;+2/p-2. The number of hydrogen-bond donors (Lipinski definition) is 4. The van der Waals surface area contributed by atoms with Gasteiger partial charge in [0.2, 0.25) is 0 Å². The predicted octanol–water partition coefficient (Wildman–Crippen LogP) is -0.439. The average molecular weight is 697 g/mol. The summed E-state index contributed by atoms with van der Waals surface area (Å²) in [5.41, 5.74) is 11.3. The SMILES string of the molecule is NCCNCCCCCCC(=C(c1ccc(O)cc1)c1ccc(O)cc1)c1ccccc1.[Cl-].[Cl-].[Pt+2]. The number of unbranched alkanes of at least 4 members (excludes halogenated alkanes) is 3. The molecule has 0 saturated carbocycles. The van der Waals surface area contributed by atoms with Crippen LogP contribution in [0.5, 0.6) is 11.5 Å². The van der Waals surface area contributed by atoms with Crippen molar-refractivity contribution in [1.82, 2.24) is 5.32 Å². The molecular weight excluding hydrogens is 662 g/mol. The van der Waals surface area contributed by atoms with Crippen molar-refractivity contribution in [3.05, 3.63) is 95.6 Å². The van der Waals surface area contributed by atoms with Gasteiger partial charge in [-0.15, -0.1) is 0 Å². The number of rotatable bonds is 12. The van der Waals surface area contributed by atoms with Gasteiger partial charge in [0, 0.05) is 13.1 Å². The summed E-state index contributed by atoms with van der Waals surface area (Å²) in [4.78, 5) is 0. The first-order valence-corrected chi connectivity index (χ1v) is 11.5. The molecule has 0 atom stereocenters. The fourth-order valence-corrected chi connectivity index (χ4v) is 3.96. The van der Waals surface area contributed by atoms with Crippen LogP contribution in [0.4, 0.5) is 0 Å². The number of benzene rings is 3. The van der Waals surface area contributed by atoms with Crippen LogP contribution in [0.15, 0.2) is 78.9 Å². The van der Waals surface area contributed by atoms with Gasteiger partial charge in [0.1, 0.15) is 11.5 Å². The van der Waals surface area contributed by atoms with Gasteiger partial charge >= 0.3 is 21.1 Å². The minimum atomic E-state index is 0. The average Bonchev–Trinajstić information content (AvgIpc) is 2.82. The van der Waals surface area contributed by atoms with E-state index in [1.54, 1.807) is 24.3 Å². The molecule has 0 aliphatic heterocycles. The summed E-state index contributed by atoms with van der Waals surface area (Å²) >= 11 is 0. The molecular formula is C28H34Cl2N2O2Pt. The summed E-state index contributed by atoms with van der Waals surface area (Å²) in [5, 5.41) is 23.0. The maximum atomic E-state index is 9.82. The second-order valence-corrected chi connectivity index (χ2v) is 8.02. The number of nitrogens with one attached hydrogen (secondary N) is 1. The molecule has 0 bridgehead atoms. The summed E-state index contributed by atoms with van der Waals surface area (Å²) in [6, 6.07) is 25.3. The van der Waals surface area contributed by atoms with E-state index in [1.165, 1.54) is 24.0 Å². The van der Waals surface area contributed by atoms with Crippen molar-refractivity contribution in [1.29, 1.82) is 0 Å². The van der Waals surface area contributed by atoms with Gasteiger partial charge in [-0.25, -0.2) is 0 Å². The maximum Gasteiger partial charge on any atom is 2.00 e. The van der Waals surface area contributed by atoms with E-state index in [0.717, 1.165) is 49.1 Å². The van der Waals surface area contributed by atoms with Crippen molar-refractivity contribution in [2.45, 2.75) is 32.1 Å². The second-order valence-electron chi connectivity index (χ2n) is 8.02. The molecule has 5 N–H and O–H groups in total. The van der Waals surface area contributed by atoms with Crippen LogP contribution < -0.4 is 35.9 Å². The molecule has 0 aliphatic carbocycles. The van der Waals surface area contributed by atoms with Crippen molar-refractivity contribution in [3.63, 3.8) is 0 Å². The monoisotopic (exact) mass is 695 g/mol. The first-order chi connectivity index (χ1) is 15.7.